The van der Waals surface area contributed by atoms with Crippen LogP contribution in [0.1, 0.15) is 34.5 Å². The molecule has 1 aliphatic rings. The van der Waals surface area contributed by atoms with Crippen molar-refractivity contribution in [1.82, 2.24) is 20.2 Å². The van der Waals surface area contributed by atoms with Gasteiger partial charge in [-0.15, -0.1) is 0 Å². The van der Waals surface area contributed by atoms with E-state index in [0.717, 1.165) is 25.2 Å². The number of hydrogen-bond donors (Lipinski definition) is 2. The Labute approximate surface area is 153 Å². The first-order valence-electron chi connectivity index (χ1n) is 8.92. The van der Waals surface area contributed by atoms with Crippen LogP contribution in [0, 0.1) is 6.92 Å². The molecule has 1 aromatic heterocycles. The molecule has 2 heterocycles. The predicted molar refractivity (Wildman–Crippen MR) is 100.0 cm³/mol. The highest BCUT2D eigenvalue weighted by atomic mass is 16.5. The molecule has 7 heteroatoms. The molecule has 0 aliphatic carbocycles. The van der Waals surface area contributed by atoms with Crippen molar-refractivity contribution in [3.8, 4) is 5.75 Å². The first-order chi connectivity index (χ1) is 12.6. The number of carbonyl (C=O) groups excluding carboxylic acids is 1. The van der Waals surface area contributed by atoms with E-state index in [9.17, 15) is 4.79 Å². The summed E-state index contributed by atoms with van der Waals surface area (Å²) >= 11 is 0. The average molecular weight is 355 g/mol. The van der Waals surface area contributed by atoms with E-state index < -0.39 is 0 Å². The molecule has 0 unspecified atom stereocenters. The van der Waals surface area contributed by atoms with Gasteiger partial charge in [-0.25, -0.2) is 4.98 Å². The van der Waals surface area contributed by atoms with E-state index in [2.05, 4.69) is 20.2 Å². The van der Waals surface area contributed by atoms with Crippen molar-refractivity contribution in [3.63, 3.8) is 0 Å². The number of rotatable bonds is 7. The number of carbonyl (C=O) groups is 1. The second kappa shape index (κ2) is 8.62. The summed E-state index contributed by atoms with van der Waals surface area (Å²) in [5, 5.41) is 2.98. The van der Waals surface area contributed by atoms with E-state index in [0.29, 0.717) is 29.4 Å². The van der Waals surface area contributed by atoms with E-state index in [4.69, 9.17) is 10.5 Å². The number of ether oxygens (including phenoxy) is 1. The Morgan fingerprint density at radius 3 is 2.81 bits per heavy atom. The molecule has 7 nitrogen and oxygen atoms in total. The number of hydrogen-bond acceptors (Lipinski definition) is 6. The van der Waals surface area contributed by atoms with Gasteiger partial charge in [0.25, 0.3) is 5.91 Å². The van der Waals surface area contributed by atoms with Gasteiger partial charge >= 0.3 is 0 Å². The Kier molecular flexibility index (Phi) is 6.01. The van der Waals surface area contributed by atoms with Gasteiger partial charge in [-0.2, -0.15) is 0 Å². The molecule has 1 aromatic carbocycles. The SMILES string of the molecule is Cc1ccc(C(=O)NCCN2CCCC2)cc1OCc1cnc(N)cn1. The second-order valence-electron chi connectivity index (χ2n) is 6.51. The molecule has 3 rings (SSSR count). The molecule has 0 radical (unpaired) electrons. The van der Waals surface area contributed by atoms with Gasteiger partial charge in [0.15, 0.2) is 0 Å². The zero-order valence-corrected chi connectivity index (χ0v) is 15.1. The van der Waals surface area contributed by atoms with Crippen LogP contribution in [-0.2, 0) is 6.61 Å². The molecular weight excluding hydrogens is 330 g/mol. The van der Waals surface area contributed by atoms with Crippen molar-refractivity contribution in [2.45, 2.75) is 26.4 Å². The van der Waals surface area contributed by atoms with Crippen LogP contribution in [0.4, 0.5) is 5.82 Å². The highest BCUT2D eigenvalue weighted by Gasteiger charge is 2.13. The van der Waals surface area contributed by atoms with E-state index in [1.807, 2.05) is 19.1 Å². The predicted octanol–water partition coefficient (Wildman–Crippen LogP) is 1.77. The smallest absolute Gasteiger partial charge is 0.251 e. The zero-order valence-electron chi connectivity index (χ0n) is 15.1. The van der Waals surface area contributed by atoms with E-state index in [1.54, 1.807) is 12.3 Å². The summed E-state index contributed by atoms with van der Waals surface area (Å²) < 4.78 is 5.81. The molecule has 0 atom stereocenters. The number of anilines is 1. The first kappa shape index (κ1) is 18.1. The Bertz CT molecular complexity index is 742. The van der Waals surface area contributed by atoms with Crippen LogP contribution >= 0.6 is 0 Å². The van der Waals surface area contributed by atoms with Gasteiger partial charge in [0.1, 0.15) is 18.2 Å². The Hall–Kier alpha value is -2.67. The van der Waals surface area contributed by atoms with Gasteiger partial charge in [0, 0.05) is 18.7 Å². The van der Waals surface area contributed by atoms with Crippen molar-refractivity contribution in [3.05, 3.63) is 47.4 Å². The Morgan fingerprint density at radius 1 is 1.27 bits per heavy atom. The summed E-state index contributed by atoms with van der Waals surface area (Å²) in [5.74, 6) is 0.953. The van der Waals surface area contributed by atoms with Gasteiger partial charge in [-0.3, -0.25) is 9.78 Å². The summed E-state index contributed by atoms with van der Waals surface area (Å²) in [5.41, 5.74) is 7.76. The van der Waals surface area contributed by atoms with Crippen LogP contribution in [0.2, 0.25) is 0 Å². The molecular formula is C19H25N5O2. The van der Waals surface area contributed by atoms with Crippen LogP contribution in [0.15, 0.2) is 30.6 Å². The molecule has 0 saturated carbocycles. The van der Waals surface area contributed by atoms with E-state index >= 15 is 0 Å². The number of likely N-dealkylation sites (tertiary alicyclic amines) is 1. The molecule has 1 fully saturated rings. The maximum Gasteiger partial charge on any atom is 0.251 e. The molecule has 138 valence electrons. The molecule has 1 aliphatic heterocycles. The van der Waals surface area contributed by atoms with Crippen molar-refractivity contribution < 1.29 is 9.53 Å². The summed E-state index contributed by atoms with van der Waals surface area (Å²) in [6.07, 6.45) is 5.59. The van der Waals surface area contributed by atoms with E-state index in [1.165, 1.54) is 19.0 Å². The third kappa shape index (κ3) is 4.92. The fourth-order valence-electron chi connectivity index (χ4n) is 2.92. The molecule has 2 aromatic rings. The van der Waals surface area contributed by atoms with Crippen LogP contribution in [0.5, 0.6) is 5.75 Å². The number of nitrogens with zero attached hydrogens (tertiary/aromatic N) is 3. The maximum atomic E-state index is 12.4. The minimum absolute atomic E-state index is 0.0821. The minimum atomic E-state index is -0.0821. The Morgan fingerprint density at radius 2 is 2.08 bits per heavy atom. The minimum Gasteiger partial charge on any atom is -0.487 e. The summed E-state index contributed by atoms with van der Waals surface area (Å²) in [4.78, 5) is 22.9. The number of nitrogen functional groups attached to an aromatic ring is 1. The normalized spacial score (nSPS) is 14.3. The number of aryl methyl sites for hydroxylation is 1. The third-order valence-corrected chi connectivity index (χ3v) is 4.46. The number of nitrogens with one attached hydrogen (secondary N) is 1. The third-order valence-electron chi connectivity index (χ3n) is 4.46. The fourth-order valence-corrected chi connectivity index (χ4v) is 2.92. The molecule has 1 amide bonds. The lowest BCUT2D eigenvalue weighted by Gasteiger charge is -2.15. The number of aromatic nitrogens is 2. The zero-order chi connectivity index (χ0) is 18.4. The second-order valence-corrected chi connectivity index (χ2v) is 6.51. The molecule has 3 N–H and O–H groups in total. The van der Waals surface area contributed by atoms with Gasteiger partial charge in [0.05, 0.1) is 18.1 Å². The van der Waals surface area contributed by atoms with Gasteiger partial charge in [-0.05, 0) is 50.6 Å². The van der Waals surface area contributed by atoms with Gasteiger partial charge in [-0.1, -0.05) is 6.07 Å². The van der Waals surface area contributed by atoms with Gasteiger partial charge in [0.2, 0.25) is 0 Å². The maximum absolute atomic E-state index is 12.4. The van der Waals surface area contributed by atoms with Crippen LogP contribution < -0.4 is 15.8 Å². The summed E-state index contributed by atoms with van der Waals surface area (Å²) in [6.45, 7) is 6.03. The number of nitrogens with two attached hydrogens (primary N) is 1. The van der Waals surface area contributed by atoms with Crippen molar-refractivity contribution in [2.24, 2.45) is 0 Å². The van der Waals surface area contributed by atoms with Crippen LogP contribution in [-0.4, -0.2) is 47.0 Å². The lowest BCUT2D eigenvalue weighted by molar-refractivity contribution is 0.0949. The number of benzene rings is 1. The standard InChI is InChI=1S/C19H25N5O2/c1-14-4-5-15(19(25)21-6-9-24-7-2-3-8-24)10-17(14)26-13-16-11-23-18(20)12-22-16/h4-5,10-12H,2-3,6-9,13H2,1H3,(H2,20,23)(H,21,25). The van der Waals surface area contributed by atoms with E-state index in [-0.39, 0.29) is 12.5 Å². The lowest BCUT2D eigenvalue weighted by atomic mass is 10.1. The summed E-state index contributed by atoms with van der Waals surface area (Å²) in [6, 6.07) is 5.47. The average Bonchev–Trinajstić information content (AvgIpc) is 3.16. The summed E-state index contributed by atoms with van der Waals surface area (Å²) in [7, 11) is 0. The largest absolute Gasteiger partial charge is 0.487 e. The van der Waals surface area contributed by atoms with Crippen molar-refractivity contribution >= 4 is 11.7 Å². The Balaban J connectivity index is 1.55. The highest BCUT2D eigenvalue weighted by molar-refractivity contribution is 5.94. The molecule has 26 heavy (non-hydrogen) atoms. The highest BCUT2D eigenvalue weighted by Crippen LogP contribution is 2.20. The fraction of sp³-hybridized carbons (Fsp3) is 0.421. The monoisotopic (exact) mass is 355 g/mol. The first-order valence-corrected chi connectivity index (χ1v) is 8.92. The number of amides is 1. The lowest BCUT2D eigenvalue weighted by Crippen LogP contribution is -2.33. The molecule has 1 saturated heterocycles. The van der Waals surface area contributed by atoms with Crippen LogP contribution in [0.25, 0.3) is 0 Å². The van der Waals surface area contributed by atoms with Crippen molar-refractivity contribution in [1.29, 1.82) is 0 Å². The van der Waals surface area contributed by atoms with Crippen molar-refractivity contribution in [2.75, 3.05) is 31.9 Å². The molecule has 0 spiro atoms. The molecule has 0 bridgehead atoms. The van der Waals surface area contributed by atoms with Gasteiger partial charge < -0.3 is 20.7 Å². The quantitative estimate of drug-likeness (QED) is 0.786. The van der Waals surface area contributed by atoms with Crippen LogP contribution in [0.3, 0.4) is 0 Å². The topological polar surface area (TPSA) is 93.4 Å².